The van der Waals surface area contributed by atoms with E-state index in [2.05, 4.69) is 41.7 Å². The summed E-state index contributed by atoms with van der Waals surface area (Å²) in [7, 11) is 0. The topological polar surface area (TPSA) is 32.6 Å². The van der Waals surface area contributed by atoms with Gasteiger partial charge in [0.2, 0.25) is 0 Å². The molecule has 0 fully saturated rings. The van der Waals surface area contributed by atoms with Crippen molar-refractivity contribution in [3.05, 3.63) is 137 Å². The highest BCUT2D eigenvalue weighted by Crippen LogP contribution is 2.44. The summed E-state index contributed by atoms with van der Waals surface area (Å²) in [5.41, 5.74) is 8.99. The van der Waals surface area contributed by atoms with E-state index in [-0.39, 0.29) is 5.75 Å². The summed E-state index contributed by atoms with van der Waals surface area (Å²) in [6, 6.07) is 32.2. The molecule has 0 heterocycles. The third kappa shape index (κ3) is 3.57. The molecule has 1 aliphatic carbocycles. The lowest BCUT2D eigenvalue weighted by atomic mass is 9.92. The Hall–Kier alpha value is -3.91. The van der Waals surface area contributed by atoms with Crippen LogP contribution in [-0.4, -0.2) is 11.3 Å². The molecule has 0 aliphatic heterocycles. The Morgan fingerprint density at radius 3 is 2.29 bits per heavy atom. The molecule has 0 spiro atoms. The number of hydrogen-bond donors (Lipinski definition) is 1. The van der Waals surface area contributed by atoms with E-state index >= 15 is 0 Å². The monoisotopic (exact) mass is 399 g/mol. The molecule has 0 bridgehead atoms. The highest BCUT2D eigenvalue weighted by Gasteiger charge is 2.26. The number of para-hydroxylation sites is 1. The first-order valence-electron chi connectivity index (χ1n) is 10.3. The van der Waals surface area contributed by atoms with E-state index in [1.54, 1.807) is 12.3 Å². The third-order valence-electron chi connectivity index (χ3n) is 5.57. The van der Waals surface area contributed by atoms with Crippen LogP contribution in [0.15, 0.2) is 102 Å². The summed E-state index contributed by atoms with van der Waals surface area (Å²) in [6.07, 6.45) is 5.34. The van der Waals surface area contributed by atoms with E-state index in [1.165, 1.54) is 0 Å². The Balaban J connectivity index is 1.70. The number of allylic oxidation sites excluding steroid dienone is 1. The van der Waals surface area contributed by atoms with Gasteiger partial charge in [0.25, 0.3) is 0 Å². The van der Waals surface area contributed by atoms with Gasteiger partial charge in [0, 0.05) is 11.8 Å². The lowest BCUT2D eigenvalue weighted by Crippen LogP contribution is -1.95. The van der Waals surface area contributed by atoms with Crippen LogP contribution < -0.4 is 0 Å². The number of hydrogen-bond acceptors (Lipinski definition) is 2. The van der Waals surface area contributed by atoms with E-state index in [4.69, 9.17) is 0 Å². The fraction of sp³-hybridized carbons (Fsp3) is 0.0345. The quantitative estimate of drug-likeness (QED) is 0.374. The summed E-state index contributed by atoms with van der Waals surface area (Å²) in [5, 5.41) is 10.7. The number of aromatic hydroxyl groups is 1. The largest absolute Gasteiger partial charge is 0.507 e. The predicted molar refractivity (Wildman–Crippen MR) is 128 cm³/mol. The molecule has 4 aromatic rings. The van der Waals surface area contributed by atoms with Crippen LogP contribution in [0.25, 0.3) is 11.1 Å². The number of fused-ring (bicyclic) bond motifs is 1. The van der Waals surface area contributed by atoms with Crippen molar-refractivity contribution in [2.45, 2.75) is 6.92 Å². The fourth-order valence-corrected chi connectivity index (χ4v) is 4.00. The van der Waals surface area contributed by atoms with Gasteiger partial charge in [0.05, 0.1) is 12.1 Å². The molecule has 1 N–H and O–H groups in total. The second kappa shape index (κ2) is 8.08. The lowest BCUT2D eigenvalue weighted by molar-refractivity contribution is 0.474. The molecule has 5 rings (SSSR count). The summed E-state index contributed by atoms with van der Waals surface area (Å²) in [6.45, 7) is 2.03. The molecule has 148 valence electrons. The average Bonchev–Trinajstić information content (AvgIpc) is 3.19. The maximum Gasteiger partial charge on any atom is 0.124 e. The van der Waals surface area contributed by atoms with Crippen LogP contribution in [0.2, 0.25) is 0 Å². The van der Waals surface area contributed by atoms with E-state index in [9.17, 15) is 5.11 Å². The molecule has 1 aliphatic rings. The SMILES string of the molecule is Cc1ccccc1N=Cc1c(O)cccc1C1=C(c2ccccc2)c2ccccc2[C]1. The zero-order chi connectivity index (χ0) is 21.2. The maximum atomic E-state index is 10.7. The Labute approximate surface area is 182 Å². The minimum Gasteiger partial charge on any atom is -0.507 e. The number of aryl methyl sites for hydroxylation is 1. The van der Waals surface area contributed by atoms with Crippen molar-refractivity contribution < 1.29 is 5.11 Å². The van der Waals surface area contributed by atoms with Crippen molar-refractivity contribution in [2.24, 2.45) is 4.99 Å². The Kier molecular flexibility index (Phi) is 4.97. The average molecular weight is 399 g/mol. The molecule has 0 saturated heterocycles. The molecule has 0 saturated carbocycles. The number of rotatable bonds is 4. The maximum absolute atomic E-state index is 10.7. The summed E-state index contributed by atoms with van der Waals surface area (Å²) >= 11 is 0. The molecule has 2 radical (unpaired) electrons. The first kappa shape index (κ1) is 19.1. The molecule has 2 nitrogen and oxygen atoms in total. The number of aliphatic imine (C=N–C) groups is 1. The van der Waals surface area contributed by atoms with Gasteiger partial charge in [0.1, 0.15) is 5.75 Å². The van der Waals surface area contributed by atoms with Crippen LogP contribution in [0.4, 0.5) is 5.69 Å². The Morgan fingerprint density at radius 2 is 1.45 bits per heavy atom. The van der Waals surface area contributed by atoms with E-state index in [1.807, 2.05) is 67.6 Å². The van der Waals surface area contributed by atoms with E-state index in [0.29, 0.717) is 5.56 Å². The minimum atomic E-state index is 0.201. The van der Waals surface area contributed by atoms with Crippen molar-refractivity contribution in [3.63, 3.8) is 0 Å². The van der Waals surface area contributed by atoms with Gasteiger partial charge in [-0.3, -0.25) is 4.99 Å². The summed E-state index contributed by atoms with van der Waals surface area (Å²) < 4.78 is 0. The van der Waals surface area contributed by atoms with Crippen LogP contribution in [0.1, 0.15) is 33.4 Å². The molecule has 31 heavy (non-hydrogen) atoms. The van der Waals surface area contributed by atoms with Crippen molar-refractivity contribution in [2.75, 3.05) is 0 Å². The van der Waals surface area contributed by atoms with Crippen LogP contribution in [0, 0.1) is 13.3 Å². The summed E-state index contributed by atoms with van der Waals surface area (Å²) in [5.74, 6) is 0.201. The predicted octanol–water partition coefficient (Wildman–Crippen LogP) is 6.85. The standard InChI is InChI=1S/C29H21NO/c1-20-10-5-8-16-27(20)30-19-26-24(15-9-17-28(26)31)25-18-22-13-6-7-14-23(22)29(25)21-11-3-2-4-12-21/h2-17,19,31H,1H3. The minimum absolute atomic E-state index is 0.201. The highest BCUT2D eigenvalue weighted by molar-refractivity contribution is 6.10. The normalized spacial score (nSPS) is 13.1. The van der Waals surface area contributed by atoms with Crippen LogP contribution >= 0.6 is 0 Å². The molecular weight excluding hydrogens is 378 g/mol. The van der Waals surface area contributed by atoms with Gasteiger partial charge in [0.15, 0.2) is 0 Å². The van der Waals surface area contributed by atoms with Crippen molar-refractivity contribution in [1.82, 2.24) is 0 Å². The fourth-order valence-electron chi connectivity index (χ4n) is 4.00. The smallest absolute Gasteiger partial charge is 0.124 e. The van der Waals surface area contributed by atoms with Crippen molar-refractivity contribution in [3.8, 4) is 5.75 Å². The van der Waals surface area contributed by atoms with Gasteiger partial charge in [-0.25, -0.2) is 0 Å². The van der Waals surface area contributed by atoms with Crippen molar-refractivity contribution >= 4 is 23.0 Å². The first-order valence-corrected chi connectivity index (χ1v) is 10.3. The summed E-state index contributed by atoms with van der Waals surface area (Å²) in [4.78, 5) is 4.68. The third-order valence-corrected chi connectivity index (χ3v) is 5.57. The molecule has 0 unspecified atom stereocenters. The first-order chi connectivity index (χ1) is 15.2. The molecule has 4 aromatic carbocycles. The number of benzene rings is 4. The van der Waals surface area contributed by atoms with E-state index in [0.717, 1.165) is 44.7 Å². The van der Waals surface area contributed by atoms with Gasteiger partial charge in [-0.2, -0.15) is 0 Å². The molecule has 0 amide bonds. The van der Waals surface area contributed by atoms with Gasteiger partial charge in [-0.15, -0.1) is 0 Å². The van der Waals surface area contributed by atoms with Crippen molar-refractivity contribution in [1.29, 1.82) is 0 Å². The Bertz CT molecular complexity index is 1320. The van der Waals surface area contributed by atoms with Crippen LogP contribution in [0.3, 0.4) is 0 Å². The lowest BCUT2D eigenvalue weighted by Gasteiger charge is -2.13. The zero-order valence-corrected chi connectivity index (χ0v) is 17.2. The second-order valence-electron chi connectivity index (χ2n) is 7.57. The number of phenolic OH excluding ortho intramolecular Hbond substituents is 1. The van der Waals surface area contributed by atoms with Gasteiger partial charge in [-0.1, -0.05) is 84.9 Å². The van der Waals surface area contributed by atoms with Gasteiger partial charge in [-0.05, 0) is 58.0 Å². The molecule has 2 heteroatoms. The van der Waals surface area contributed by atoms with Crippen LogP contribution in [0.5, 0.6) is 5.75 Å². The number of nitrogens with zero attached hydrogens (tertiary/aromatic N) is 1. The van der Waals surface area contributed by atoms with Crippen LogP contribution in [-0.2, 0) is 0 Å². The molecule has 0 aromatic heterocycles. The van der Waals surface area contributed by atoms with E-state index < -0.39 is 0 Å². The number of phenols is 1. The van der Waals surface area contributed by atoms with Gasteiger partial charge >= 0.3 is 0 Å². The Morgan fingerprint density at radius 1 is 0.742 bits per heavy atom. The second-order valence-corrected chi connectivity index (χ2v) is 7.57. The highest BCUT2D eigenvalue weighted by atomic mass is 16.3. The zero-order valence-electron chi connectivity index (χ0n) is 17.2. The molecule has 0 atom stereocenters. The van der Waals surface area contributed by atoms with Gasteiger partial charge < -0.3 is 5.11 Å². The molecular formula is C29H21NO.